The monoisotopic (exact) mass is 400 g/mol. The van der Waals surface area contributed by atoms with Crippen molar-refractivity contribution in [2.45, 2.75) is 51.0 Å². The topological polar surface area (TPSA) is 67.5 Å². The summed E-state index contributed by atoms with van der Waals surface area (Å²) in [6.45, 7) is 2.84. The highest BCUT2D eigenvalue weighted by Gasteiger charge is 2.29. The number of rotatable bonds is 5. The smallest absolute Gasteiger partial charge is 0.0923 e. The Morgan fingerprint density at radius 2 is 2.07 bits per heavy atom. The highest BCUT2D eigenvalue weighted by molar-refractivity contribution is 6.31. The van der Waals surface area contributed by atoms with Gasteiger partial charge in [0.15, 0.2) is 0 Å². The Morgan fingerprint density at radius 1 is 1.21 bits per heavy atom. The second-order valence-electron chi connectivity index (χ2n) is 7.46. The van der Waals surface area contributed by atoms with Crippen LogP contribution in [0, 0.1) is 0 Å². The molecule has 5 nitrogen and oxygen atoms in total. The summed E-state index contributed by atoms with van der Waals surface area (Å²) < 4.78 is 7.88. The first-order chi connectivity index (χ1) is 13.6. The zero-order chi connectivity index (χ0) is 19.7. The van der Waals surface area contributed by atoms with E-state index in [0.29, 0.717) is 24.3 Å². The SMILES string of the molecule is CCn1cc2cc(Cc3cc(C4CC(O)CC(CO)O4)ccc3Cl)ccc2n1. The number of hydrogen-bond acceptors (Lipinski definition) is 4. The van der Waals surface area contributed by atoms with Crippen LogP contribution in [0.15, 0.2) is 42.6 Å². The van der Waals surface area contributed by atoms with Crippen LogP contribution in [0.1, 0.15) is 42.6 Å². The third kappa shape index (κ3) is 4.08. The molecule has 0 bridgehead atoms. The van der Waals surface area contributed by atoms with Gasteiger partial charge in [0, 0.05) is 36.0 Å². The predicted molar refractivity (Wildman–Crippen MR) is 110 cm³/mol. The fourth-order valence-electron chi connectivity index (χ4n) is 3.87. The molecule has 0 saturated carbocycles. The maximum absolute atomic E-state index is 10.1. The summed E-state index contributed by atoms with van der Waals surface area (Å²) in [4.78, 5) is 0. The summed E-state index contributed by atoms with van der Waals surface area (Å²) >= 11 is 6.47. The minimum atomic E-state index is -0.465. The Labute approximate surface area is 169 Å². The van der Waals surface area contributed by atoms with E-state index in [-0.39, 0.29) is 18.8 Å². The van der Waals surface area contributed by atoms with Gasteiger partial charge in [-0.05, 0) is 48.2 Å². The lowest BCUT2D eigenvalue weighted by molar-refractivity contribution is -0.113. The molecule has 2 N–H and O–H groups in total. The Hall–Kier alpha value is -1.92. The molecule has 1 aromatic heterocycles. The van der Waals surface area contributed by atoms with Crippen LogP contribution < -0.4 is 0 Å². The van der Waals surface area contributed by atoms with Crippen LogP contribution in [0.4, 0.5) is 0 Å². The number of aliphatic hydroxyl groups is 2. The van der Waals surface area contributed by atoms with Crippen LogP contribution in [0.2, 0.25) is 5.02 Å². The van der Waals surface area contributed by atoms with E-state index in [1.807, 2.05) is 22.9 Å². The molecule has 148 valence electrons. The molecule has 1 aliphatic heterocycles. The lowest BCUT2D eigenvalue weighted by Gasteiger charge is -2.32. The third-order valence-corrected chi connectivity index (χ3v) is 5.73. The fraction of sp³-hybridized carbons (Fsp3) is 0.409. The number of ether oxygens (including phenoxy) is 1. The molecular weight excluding hydrogens is 376 g/mol. The van der Waals surface area contributed by atoms with E-state index in [0.717, 1.165) is 28.6 Å². The first-order valence-corrected chi connectivity index (χ1v) is 10.1. The summed E-state index contributed by atoms with van der Waals surface area (Å²) in [5.74, 6) is 0. The third-order valence-electron chi connectivity index (χ3n) is 5.36. The molecule has 1 fully saturated rings. The van der Waals surface area contributed by atoms with Crippen molar-refractivity contribution in [1.29, 1.82) is 0 Å². The summed E-state index contributed by atoms with van der Waals surface area (Å²) in [7, 11) is 0. The average molecular weight is 401 g/mol. The van der Waals surface area contributed by atoms with E-state index in [9.17, 15) is 10.2 Å². The number of hydrogen-bond donors (Lipinski definition) is 2. The van der Waals surface area contributed by atoms with E-state index >= 15 is 0 Å². The van der Waals surface area contributed by atoms with Crippen molar-refractivity contribution in [3.63, 3.8) is 0 Å². The van der Waals surface area contributed by atoms with Crippen molar-refractivity contribution in [2.24, 2.45) is 0 Å². The van der Waals surface area contributed by atoms with Gasteiger partial charge in [-0.1, -0.05) is 29.8 Å². The number of nitrogens with zero attached hydrogens (tertiary/aromatic N) is 2. The Morgan fingerprint density at radius 3 is 2.86 bits per heavy atom. The molecule has 1 aliphatic rings. The molecule has 2 heterocycles. The van der Waals surface area contributed by atoms with Gasteiger partial charge in [-0.15, -0.1) is 0 Å². The van der Waals surface area contributed by atoms with E-state index in [4.69, 9.17) is 16.3 Å². The number of aromatic nitrogens is 2. The maximum Gasteiger partial charge on any atom is 0.0923 e. The minimum Gasteiger partial charge on any atom is -0.394 e. The first-order valence-electron chi connectivity index (χ1n) is 9.74. The minimum absolute atomic E-state index is 0.0839. The van der Waals surface area contributed by atoms with Gasteiger partial charge in [0.25, 0.3) is 0 Å². The van der Waals surface area contributed by atoms with Gasteiger partial charge in [-0.2, -0.15) is 5.10 Å². The van der Waals surface area contributed by atoms with Gasteiger partial charge in [0.2, 0.25) is 0 Å². The number of aryl methyl sites for hydroxylation is 1. The largest absolute Gasteiger partial charge is 0.394 e. The van der Waals surface area contributed by atoms with Crippen LogP contribution in [0.5, 0.6) is 0 Å². The molecule has 2 aromatic carbocycles. The van der Waals surface area contributed by atoms with Crippen LogP contribution in [0.3, 0.4) is 0 Å². The normalized spacial score (nSPS) is 22.6. The van der Waals surface area contributed by atoms with Gasteiger partial charge < -0.3 is 14.9 Å². The molecule has 3 unspecified atom stereocenters. The molecule has 0 aliphatic carbocycles. The molecular formula is C22H25ClN2O3. The van der Waals surface area contributed by atoms with E-state index < -0.39 is 6.10 Å². The molecule has 3 atom stereocenters. The van der Waals surface area contributed by atoms with Gasteiger partial charge in [0.1, 0.15) is 0 Å². The standard InChI is InChI=1S/C22H25ClN2O3/c1-2-25-12-17-8-14(3-6-21(17)24-25)7-16-9-15(4-5-20(16)23)22-11-18(27)10-19(13-26)28-22/h3-6,8-9,12,18-19,22,26-27H,2,7,10-11,13H2,1H3. The molecule has 0 radical (unpaired) electrons. The number of benzene rings is 2. The number of aliphatic hydroxyl groups excluding tert-OH is 2. The fourth-order valence-corrected chi connectivity index (χ4v) is 4.06. The second-order valence-corrected chi connectivity index (χ2v) is 7.87. The summed E-state index contributed by atoms with van der Waals surface area (Å²) in [5, 5.41) is 25.9. The first kappa shape index (κ1) is 19.4. The zero-order valence-electron chi connectivity index (χ0n) is 15.9. The highest BCUT2D eigenvalue weighted by Crippen LogP contribution is 2.34. The molecule has 28 heavy (non-hydrogen) atoms. The molecule has 3 aromatic rings. The van der Waals surface area contributed by atoms with Gasteiger partial charge >= 0.3 is 0 Å². The van der Waals surface area contributed by atoms with Crippen molar-refractivity contribution >= 4 is 22.5 Å². The van der Waals surface area contributed by atoms with E-state index in [1.54, 1.807) is 0 Å². The molecule has 0 spiro atoms. The summed E-state index contributed by atoms with van der Waals surface area (Å²) in [5.41, 5.74) is 4.16. The highest BCUT2D eigenvalue weighted by atomic mass is 35.5. The Bertz CT molecular complexity index is 972. The van der Waals surface area contributed by atoms with E-state index in [2.05, 4.69) is 36.4 Å². The zero-order valence-corrected chi connectivity index (χ0v) is 16.6. The molecule has 6 heteroatoms. The van der Waals surface area contributed by atoms with Crippen molar-refractivity contribution in [2.75, 3.05) is 6.61 Å². The van der Waals surface area contributed by atoms with Crippen molar-refractivity contribution < 1.29 is 14.9 Å². The molecule has 4 rings (SSSR count). The molecule has 0 amide bonds. The van der Waals surface area contributed by atoms with Crippen LogP contribution >= 0.6 is 11.6 Å². The second kappa shape index (κ2) is 8.21. The Kier molecular flexibility index (Phi) is 5.69. The van der Waals surface area contributed by atoms with Crippen LogP contribution in [0.25, 0.3) is 10.9 Å². The maximum atomic E-state index is 10.1. The van der Waals surface area contributed by atoms with Crippen molar-refractivity contribution in [1.82, 2.24) is 9.78 Å². The van der Waals surface area contributed by atoms with Crippen LogP contribution in [-0.4, -0.2) is 38.8 Å². The summed E-state index contributed by atoms with van der Waals surface area (Å²) in [6.07, 6.45) is 2.74. The van der Waals surface area contributed by atoms with E-state index in [1.165, 1.54) is 5.56 Å². The van der Waals surface area contributed by atoms with Gasteiger partial charge in [0.05, 0.1) is 30.4 Å². The molecule has 1 saturated heterocycles. The average Bonchev–Trinajstić information content (AvgIpc) is 3.11. The van der Waals surface area contributed by atoms with Crippen molar-refractivity contribution in [3.05, 3.63) is 64.3 Å². The van der Waals surface area contributed by atoms with Crippen LogP contribution in [-0.2, 0) is 17.7 Å². The van der Waals surface area contributed by atoms with Gasteiger partial charge in [-0.3, -0.25) is 4.68 Å². The number of halogens is 1. The Balaban J connectivity index is 1.59. The lowest BCUT2D eigenvalue weighted by Crippen LogP contribution is -2.33. The van der Waals surface area contributed by atoms with Crippen molar-refractivity contribution in [3.8, 4) is 0 Å². The number of fused-ring (bicyclic) bond motifs is 1. The quantitative estimate of drug-likeness (QED) is 0.682. The van der Waals surface area contributed by atoms with Gasteiger partial charge in [-0.25, -0.2) is 0 Å². The summed E-state index contributed by atoms with van der Waals surface area (Å²) in [6, 6.07) is 12.2. The lowest BCUT2D eigenvalue weighted by atomic mass is 9.94. The predicted octanol–water partition coefficient (Wildman–Crippen LogP) is 3.87.